The van der Waals surface area contributed by atoms with E-state index in [4.69, 9.17) is 0 Å². The fourth-order valence-electron chi connectivity index (χ4n) is 3.88. The minimum Gasteiger partial charge on any atom is -0.355 e. The van der Waals surface area contributed by atoms with E-state index in [1.54, 1.807) is 17.7 Å². The highest BCUT2D eigenvalue weighted by molar-refractivity contribution is 7.91. The van der Waals surface area contributed by atoms with E-state index in [2.05, 4.69) is 27.2 Å². The van der Waals surface area contributed by atoms with Crippen molar-refractivity contribution in [1.82, 2.24) is 9.97 Å². The predicted octanol–water partition coefficient (Wildman–Crippen LogP) is 2.40. The van der Waals surface area contributed by atoms with Crippen LogP contribution in [0.5, 0.6) is 0 Å². The fourth-order valence-corrected chi connectivity index (χ4v) is 7.10. The van der Waals surface area contributed by atoms with Crippen LogP contribution in [0.1, 0.15) is 24.8 Å². The standard InChI is InChI=1S/C15H19N3O2S2/c1-11-7-21-13-12(11)16-10-17-14(13)18-5-2-3-15(8-18)4-6-22(19,20)9-15/h7,10H,2-6,8-9H2,1H3. The summed E-state index contributed by atoms with van der Waals surface area (Å²) in [5, 5.41) is 2.11. The second-order valence-corrected chi connectivity index (χ2v) is 9.72. The molecule has 2 aromatic rings. The predicted molar refractivity (Wildman–Crippen MR) is 89.3 cm³/mol. The first-order chi connectivity index (χ1) is 10.5. The van der Waals surface area contributed by atoms with Crippen LogP contribution in [0.25, 0.3) is 10.2 Å². The lowest BCUT2D eigenvalue weighted by Gasteiger charge is -2.40. The first-order valence-corrected chi connectivity index (χ1v) is 10.3. The number of fused-ring (bicyclic) bond motifs is 1. The molecule has 1 unspecified atom stereocenters. The van der Waals surface area contributed by atoms with Crippen molar-refractivity contribution in [2.24, 2.45) is 5.41 Å². The summed E-state index contributed by atoms with van der Waals surface area (Å²) in [5.74, 6) is 1.67. The Morgan fingerprint density at radius 2 is 2.18 bits per heavy atom. The molecule has 4 rings (SSSR count). The molecule has 1 spiro atoms. The number of hydrogen-bond acceptors (Lipinski definition) is 6. The van der Waals surface area contributed by atoms with Crippen molar-refractivity contribution < 1.29 is 8.42 Å². The van der Waals surface area contributed by atoms with Gasteiger partial charge in [-0.1, -0.05) is 0 Å². The van der Waals surface area contributed by atoms with E-state index in [0.717, 1.165) is 48.4 Å². The van der Waals surface area contributed by atoms with Gasteiger partial charge in [-0.2, -0.15) is 0 Å². The van der Waals surface area contributed by atoms with E-state index in [0.29, 0.717) is 11.5 Å². The zero-order chi connectivity index (χ0) is 15.4. The largest absolute Gasteiger partial charge is 0.355 e. The molecule has 1 atom stereocenters. The second-order valence-electron chi connectivity index (χ2n) is 6.66. The Morgan fingerprint density at radius 3 is 2.95 bits per heavy atom. The highest BCUT2D eigenvalue weighted by atomic mass is 32.2. The molecule has 4 heterocycles. The SMILES string of the molecule is Cc1csc2c(N3CCCC4(CCS(=O)(=O)C4)C3)ncnc12. The number of nitrogens with zero attached hydrogens (tertiary/aromatic N) is 3. The molecule has 118 valence electrons. The van der Waals surface area contributed by atoms with Gasteiger partial charge in [-0.15, -0.1) is 11.3 Å². The summed E-state index contributed by atoms with van der Waals surface area (Å²) in [4.78, 5) is 11.2. The van der Waals surface area contributed by atoms with Crippen molar-refractivity contribution in [2.45, 2.75) is 26.2 Å². The van der Waals surface area contributed by atoms with Crippen LogP contribution < -0.4 is 4.90 Å². The molecule has 0 amide bonds. The number of aromatic nitrogens is 2. The molecule has 2 aromatic heterocycles. The number of sulfone groups is 1. The number of rotatable bonds is 1. The molecule has 2 saturated heterocycles. The molecule has 0 N–H and O–H groups in total. The maximum absolute atomic E-state index is 11.9. The van der Waals surface area contributed by atoms with Gasteiger partial charge in [0, 0.05) is 18.5 Å². The molecule has 22 heavy (non-hydrogen) atoms. The zero-order valence-electron chi connectivity index (χ0n) is 12.6. The molecule has 0 radical (unpaired) electrons. The van der Waals surface area contributed by atoms with Gasteiger partial charge in [0.1, 0.15) is 12.1 Å². The van der Waals surface area contributed by atoms with Crippen LogP contribution in [-0.4, -0.2) is 43.0 Å². The van der Waals surface area contributed by atoms with Crippen LogP contribution in [0.3, 0.4) is 0 Å². The zero-order valence-corrected chi connectivity index (χ0v) is 14.2. The van der Waals surface area contributed by atoms with Gasteiger partial charge >= 0.3 is 0 Å². The molecule has 0 aromatic carbocycles. The third-order valence-corrected chi connectivity index (χ3v) is 7.90. The van der Waals surface area contributed by atoms with E-state index in [-0.39, 0.29) is 5.41 Å². The summed E-state index contributed by atoms with van der Waals surface area (Å²) in [6.07, 6.45) is 4.47. The van der Waals surface area contributed by atoms with Crippen LogP contribution in [-0.2, 0) is 9.84 Å². The van der Waals surface area contributed by atoms with Crippen molar-refractivity contribution in [3.63, 3.8) is 0 Å². The number of hydrogen-bond donors (Lipinski definition) is 0. The molecule has 2 aliphatic rings. The van der Waals surface area contributed by atoms with E-state index in [1.807, 2.05) is 0 Å². The number of aryl methyl sites for hydroxylation is 1. The monoisotopic (exact) mass is 337 g/mol. The lowest BCUT2D eigenvalue weighted by atomic mass is 9.79. The summed E-state index contributed by atoms with van der Waals surface area (Å²) < 4.78 is 25.0. The normalized spacial score (nSPS) is 27.8. The third-order valence-electron chi connectivity index (χ3n) is 4.94. The van der Waals surface area contributed by atoms with Gasteiger partial charge in [0.15, 0.2) is 9.84 Å². The topological polar surface area (TPSA) is 63.2 Å². The Bertz CT molecular complexity index is 830. The fraction of sp³-hybridized carbons (Fsp3) is 0.600. The van der Waals surface area contributed by atoms with Crippen molar-refractivity contribution in [3.8, 4) is 0 Å². The Balaban J connectivity index is 1.70. The van der Waals surface area contributed by atoms with E-state index < -0.39 is 9.84 Å². The Morgan fingerprint density at radius 1 is 1.32 bits per heavy atom. The van der Waals surface area contributed by atoms with Crippen molar-refractivity contribution in [2.75, 3.05) is 29.5 Å². The van der Waals surface area contributed by atoms with Crippen LogP contribution >= 0.6 is 11.3 Å². The van der Waals surface area contributed by atoms with Crippen LogP contribution in [0.4, 0.5) is 5.82 Å². The second kappa shape index (κ2) is 4.89. The molecule has 0 aliphatic carbocycles. The van der Waals surface area contributed by atoms with Crippen molar-refractivity contribution in [3.05, 3.63) is 17.3 Å². The highest BCUT2D eigenvalue weighted by Crippen LogP contribution is 2.42. The van der Waals surface area contributed by atoms with Gasteiger partial charge in [-0.25, -0.2) is 18.4 Å². The quantitative estimate of drug-likeness (QED) is 0.799. The summed E-state index contributed by atoms with van der Waals surface area (Å²) in [6, 6.07) is 0. The number of thiophene rings is 1. The van der Waals surface area contributed by atoms with Crippen LogP contribution in [0.15, 0.2) is 11.7 Å². The number of anilines is 1. The molecule has 5 nitrogen and oxygen atoms in total. The molecule has 0 saturated carbocycles. The summed E-state index contributed by atoms with van der Waals surface area (Å²) >= 11 is 1.68. The van der Waals surface area contributed by atoms with Gasteiger partial charge in [-0.3, -0.25) is 0 Å². The Labute approximate surface area is 134 Å². The molecule has 0 bridgehead atoms. The lowest BCUT2D eigenvalue weighted by Crippen LogP contribution is -2.44. The molecular weight excluding hydrogens is 318 g/mol. The Kier molecular flexibility index (Phi) is 3.20. The van der Waals surface area contributed by atoms with E-state index >= 15 is 0 Å². The average Bonchev–Trinajstić information content (AvgIpc) is 3.00. The molecule has 2 fully saturated rings. The van der Waals surface area contributed by atoms with Crippen molar-refractivity contribution >= 4 is 37.2 Å². The summed E-state index contributed by atoms with van der Waals surface area (Å²) in [7, 11) is -2.86. The van der Waals surface area contributed by atoms with Crippen LogP contribution in [0.2, 0.25) is 0 Å². The van der Waals surface area contributed by atoms with Gasteiger partial charge in [0.25, 0.3) is 0 Å². The summed E-state index contributed by atoms with van der Waals surface area (Å²) in [6.45, 7) is 3.82. The third kappa shape index (κ3) is 2.31. The summed E-state index contributed by atoms with van der Waals surface area (Å²) in [5.41, 5.74) is 2.13. The van der Waals surface area contributed by atoms with Gasteiger partial charge in [-0.05, 0) is 37.1 Å². The first-order valence-electron chi connectivity index (χ1n) is 7.62. The smallest absolute Gasteiger partial charge is 0.150 e. The highest BCUT2D eigenvalue weighted by Gasteiger charge is 2.45. The van der Waals surface area contributed by atoms with E-state index in [9.17, 15) is 8.42 Å². The first kappa shape index (κ1) is 14.4. The van der Waals surface area contributed by atoms with E-state index in [1.165, 1.54) is 5.56 Å². The molecular formula is C15H19N3O2S2. The van der Waals surface area contributed by atoms with Crippen molar-refractivity contribution in [1.29, 1.82) is 0 Å². The number of piperidine rings is 1. The molecule has 7 heteroatoms. The van der Waals surface area contributed by atoms with Gasteiger partial charge < -0.3 is 4.90 Å². The minimum absolute atomic E-state index is 0.0688. The Hall–Kier alpha value is -1.21. The maximum Gasteiger partial charge on any atom is 0.150 e. The average molecular weight is 337 g/mol. The lowest BCUT2D eigenvalue weighted by molar-refractivity contribution is 0.269. The van der Waals surface area contributed by atoms with Gasteiger partial charge in [0.2, 0.25) is 0 Å². The maximum atomic E-state index is 11.9. The van der Waals surface area contributed by atoms with Crippen LogP contribution in [0, 0.1) is 12.3 Å². The van der Waals surface area contributed by atoms with Gasteiger partial charge in [0.05, 0.1) is 21.7 Å². The molecule has 2 aliphatic heterocycles. The minimum atomic E-state index is -2.86.